The molecule has 2 aromatic carbocycles. The van der Waals surface area contributed by atoms with E-state index in [-0.39, 0.29) is 12.1 Å². The third-order valence-electron chi connectivity index (χ3n) is 4.01. The van der Waals surface area contributed by atoms with Gasteiger partial charge in [-0.2, -0.15) is 13.2 Å². The maximum absolute atomic E-state index is 12.9. The molecule has 2 aromatic heterocycles. The average Bonchev–Trinajstić information content (AvgIpc) is 3.08. The highest BCUT2D eigenvalue weighted by atomic mass is 19.4. The van der Waals surface area contributed by atoms with E-state index < -0.39 is 11.7 Å². The van der Waals surface area contributed by atoms with Crippen molar-refractivity contribution in [2.75, 3.05) is 0 Å². The van der Waals surface area contributed by atoms with Gasteiger partial charge in [0.2, 0.25) is 0 Å². The highest BCUT2D eigenvalue weighted by Gasteiger charge is 2.30. The molecule has 0 aliphatic carbocycles. The molecule has 0 N–H and O–H groups in total. The summed E-state index contributed by atoms with van der Waals surface area (Å²) in [5, 5.41) is 8.93. The fourth-order valence-electron chi connectivity index (χ4n) is 2.85. The Balaban J connectivity index is 1.91. The molecule has 0 atom stereocenters. The van der Waals surface area contributed by atoms with Crippen LogP contribution in [0, 0.1) is 0 Å². The van der Waals surface area contributed by atoms with Crippen LogP contribution in [0.5, 0.6) is 0 Å². The van der Waals surface area contributed by atoms with Crippen molar-refractivity contribution in [1.29, 1.82) is 0 Å². The van der Waals surface area contributed by atoms with E-state index in [9.17, 15) is 18.0 Å². The van der Waals surface area contributed by atoms with Gasteiger partial charge in [-0.1, -0.05) is 30.3 Å². The van der Waals surface area contributed by atoms with E-state index in [1.54, 1.807) is 30.3 Å². The van der Waals surface area contributed by atoms with Crippen LogP contribution >= 0.6 is 0 Å². The summed E-state index contributed by atoms with van der Waals surface area (Å²) in [5.74, 6) is 0. The van der Waals surface area contributed by atoms with Gasteiger partial charge in [0, 0.05) is 5.39 Å². The lowest BCUT2D eigenvalue weighted by molar-refractivity contribution is -0.137. The minimum Gasteiger partial charge on any atom is -0.267 e. The summed E-state index contributed by atoms with van der Waals surface area (Å²) in [7, 11) is 0. The third-order valence-corrected chi connectivity index (χ3v) is 4.01. The summed E-state index contributed by atoms with van der Waals surface area (Å²) in [6.45, 7) is -0.0257. The van der Waals surface area contributed by atoms with E-state index in [1.165, 1.54) is 21.6 Å². The van der Waals surface area contributed by atoms with Gasteiger partial charge in [-0.25, -0.2) is 9.20 Å². The number of hydrogen-bond donors (Lipinski definition) is 0. The second-order valence-electron chi connectivity index (χ2n) is 5.61. The maximum Gasteiger partial charge on any atom is 0.416 e. The number of nitrogens with zero attached hydrogens (tertiary/aromatic N) is 4. The van der Waals surface area contributed by atoms with Gasteiger partial charge in [-0.05, 0) is 23.8 Å². The predicted molar refractivity (Wildman–Crippen MR) is 85.3 cm³/mol. The molecular formula is C17H11F3N4O. The van der Waals surface area contributed by atoms with Gasteiger partial charge in [0.15, 0.2) is 5.65 Å². The molecule has 4 rings (SSSR count). The molecule has 0 aliphatic heterocycles. The molecule has 0 unspecified atom stereocenters. The minimum absolute atomic E-state index is 0.0257. The monoisotopic (exact) mass is 344 g/mol. The summed E-state index contributed by atoms with van der Waals surface area (Å²) in [4.78, 5) is 12.8. The summed E-state index contributed by atoms with van der Waals surface area (Å²) in [6, 6.07) is 11.8. The molecule has 126 valence electrons. The molecule has 0 aliphatic rings. The number of halogens is 3. The van der Waals surface area contributed by atoms with Crippen LogP contribution in [0.2, 0.25) is 0 Å². The smallest absolute Gasteiger partial charge is 0.267 e. The van der Waals surface area contributed by atoms with Crippen molar-refractivity contribution in [1.82, 2.24) is 19.4 Å². The number of benzene rings is 2. The van der Waals surface area contributed by atoms with Crippen LogP contribution in [0.25, 0.3) is 16.4 Å². The minimum atomic E-state index is -4.43. The number of alkyl halides is 3. The number of rotatable bonds is 2. The molecule has 4 aromatic rings. The average molecular weight is 344 g/mol. The molecule has 0 radical (unpaired) electrons. The molecule has 8 heteroatoms. The normalized spacial score (nSPS) is 12.1. The fraction of sp³-hybridized carbons (Fsp3) is 0.118. The topological polar surface area (TPSA) is 52.2 Å². The first kappa shape index (κ1) is 15.4. The van der Waals surface area contributed by atoms with Gasteiger partial charge in [-0.15, -0.1) is 10.2 Å². The van der Waals surface area contributed by atoms with Gasteiger partial charge in [0.25, 0.3) is 5.56 Å². The van der Waals surface area contributed by atoms with Crippen molar-refractivity contribution in [2.45, 2.75) is 12.7 Å². The summed E-state index contributed by atoms with van der Waals surface area (Å²) in [5.41, 5.74) is -0.233. The van der Waals surface area contributed by atoms with Gasteiger partial charge in [0.1, 0.15) is 6.33 Å². The highest BCUT2D eigenvalue weighted by molar-refractivity contribution is 5.92. The van der Waals surface area contributed by atoms with Crippen molar-refractivity contribution < 1.29 is 13.2 Å². The largest absolute Gasteiger partial charge is 0.416 e. The molecule has 0 saturated heterocycles. The van der Waals surface area contributed by atoms with E-state index in [2.05, 4.69) is 10.2 Å². The zero-order chi connectivity index (χ0) is 17.6. The van der Waals surface area contributed by atoms with Crippen molar-refractivity contribution in [3.05, 3.63) is 76.3 Å². The first-order valence-electron chi connectivity index (χ1n) is 7.43. The van der Waals surface area contributed by atoms with E-state index in [1.807, 2.05) is 0 Å². The zero-order valence-corrected chi connectivity index (χ0v) is 12.7. The molecule has 0 spiro atoms. The van der Waals surface area contributed by atoms with E-state index >= 15 is 0 Å². The van der Waals surface area contributed by atoms with Crippen molar-refractivity contribution in [3.8, 4) is 0 Å². The van der Waals surface area contributed by atoms with Gasteiger partial charge < -0.3 is 0 Å². The molecule has 0 amide bonds. The standard InChI is InChI=1S/C17H11F3N4O/c18-17(19,20)12-5-3-4-11(8-12)9-23-16(25)14-7-2-1-6-13(14)15-22-21-10-24(15)23/h1-8,10H,9H2. The first-order chi connectivity index (χ1) is 11.9. The van der Waals surface area contributed by atoms with Gasteiger partial charge >= 0.3 is 6.18 Å². The Kier molecular flexibility index (Phi) is 3.34. The number of fused-ring (bicyclic) bond motifs is 3. The first-order valence-corrected chi connectivity index (χ1v) is 7.43. The fourth-order valence-corrected chi connectivity index (χ4v) is 2.85. The zero-order valence-electron chi connectivity index (χ0n) is 12.7. The molecular weight excluding hydrogens is 333 g/mol. The Labute approximate surface area is 138 Å². The lowest BCUT2D eigenvalue weighted by Gasteiger charge is -2.12. The van der Waals surface area contributed by atoms with Crippen LogP contribution in [-0.4, -0.2) is 19.4 Å². The Morgan fingerprint density at radius 1 is 1.00 bits per heavy atom. The Hall–Kier alpha value is -3.16. The number of hydrogen-bond acceptors (Lipinski definition) is 3. The molecule has 0 fully saturated rings. The van der Waals surface area contributed by atoms with Crippen molar-refractivity contribution >= 4 is 16.4 Å². The highest BCUT2D eigenvalue weighted by Crippen LogP contribution is 2.29. The summed E-state index contributed by atoms with van der Waals surface area (Å²) < 4.78 is 41.5. The Bertz CT molecular complexity index is 1140. The maximum atomic E-state index is 12.9. The van der Waals surface area contributed by atoms with E-state index in [4.69, 9.17) is 0 Å². The molecule has 0 bridgehead atoms. The quantitative estimate of drug-likeness (QED) is 0.561. The second kappa shape index (κ2) is 5.44. The Morgan fingerprint density at radius 2 is 1.76 bits per heavy atom. The van der Waals surface area contributed by atoms with Gasteiger partial charge in [-0.3, -0.25) is 4.79 Å². The number of aromatic nitrogens is 4. The van der Waals surface area contributed by atoms with E-state index in [0.29, 0.717) is 22.0 Å². The molecule has 5 nitrogen and oxygen atoms in total. The predicted octanol–water partition coefficient (Wildman–Crippen LogP) is 3.11. The molecule has 0 saturated carbocycles. The van der Waals surface area contributed by atoms with Crippen LogP contribution in [0.1, 0.15) is 11.1 Å². The molecule has 2 heterocycles. The van der Waals surface area contributed by atoms with Crippen LogP contribution in [-0.2, 0) is 12.7 Å². The lowest BCUT2D eigenvalue weighted by Crippen LogP contribution is -2.26. The van der Waals surface area contributed by atoms with Crippen LogP contribution in [0.15, 0.2) is 59.7 Å². The van der Waals surface area contributed by atoms with E-state index in [0.717, 1.165) is 12.1 Å². The van der Waals surface area contributed by atoms with Crippen LogP contribution in [0.4, 0.5) is 13.2 Å². The van der Waals surface area contributed by atoms with Crippen molar-refractivity contribution in [3.63, 3.8) is 0 Å². The van der Waals surface area contributed by atoms with Crippen molar-refractivity contribution in [2.24, 2.45) is 0 Å². The summed E-state index contributed by atoms with van der Waals surface area (Å²) >= 11 is 0. The molecule has 25 heavy (non-hydrogen) atoms. The van der Waals surface area contributed by atoms with Gasteiger partial charge in [0.05, 0.1) is 17.5 Å². The lowest BCUT2D eigenvalue weighted by atomic mass is 10.1. The summed E-state index contributed by atoms with van der Waals surface area (Å²) in [6.07, 6.45) is -3.06. The third kappa shape index (κ3) is 2.55. The second-order valence-corrected chi connectivity index (χ2v) is 5.61. The van der Waals surface area contributed by atoms with Crippen LogP contribution in [0.3, 0.4) is 0 Å². The SMILES string of the molecule is O=c1c2ccccc2c2nncn2n1Cc1cccc(C(F)(F)F)c1. The Morgan fingerprint density at radius 3 is 2.52 bits per heavy atom. The van der Waals surface area contributed by atoms with Crippen LogP contribution < -0.4 is 5.56 Å².